The minimum atomic E-state index is -0.0223. The molecule has 0 bridgehead atoms. The van der Waals surface area contributed by atoms with Gasteiger partial charge in [-0.15, -0.1) is 0 Å². The summed E-state index contributed by atoms with van der Waals surface area (Å²) < 4.78 is 3.82. The van der Waals surface area contributed by atoms with Gasteiger partial charge in [-0.25, -0.2) is 4.98 Å². The molecule has 2 aliphatic carbocycles. The number of carbonyl (C=O) groups is 2. The molecule has 0 spiro atoms. The predicted octanol–water partition coefficient (Wildman–Crippen LogP) is 1.33. The van der Waals surface area contributed by atoms with Gasteiger partial charge in [0.25, 0.3) is 11.8 Å². The van der Waals surface area contributed by atoms with Gasteiger partial charge in [-0.05, 0) is 31.6 Å². The minimum absolute atomic E-state index is 0.0223. The van der Waals surface area contributed by atoms with Gasteiger partial charge < -0.3 is 14.8 Å². The zero-order chi connectivity index (χ0) is 19.7. The molecule has 2 aromatic heterocycles. The molecule has 3 fully saturated rings. The van der Waals surface area contributed by atoms with Crippen LogP contribution in [0.4, 0.5) is 0 Å². The Morgan fingerprint density at radius 1 is 1.17 bits per heavy atom. The second-order valence-electron chi connectivity index (χ2n) is 9.08. The molecular weight excluding hydrogens is 368 g/mol. The lowest BCUT2D eigenvalue weighted by Gasteiger charge is -2.19. The van der Waals surface area contributed by atoms with Crippen LogP contribution in [0.3, 0.4) is 0 Å². The van der Waals surface area contributed by atoms with E-state index in [4.69, 9.17) is 0 Å². The van der Waals surface area contributed by atoms with Crippen molar-refractivity contribution in [3.05, 3.63) is 35.2 Å². The summed E-state index contributed by atoms with van der Waals surface area (Å²) >= 11 is 0. The summed E-state index contributed by atoms with van der Waals surface area (Å²) in [5.74, 6) is 2.27. The van der Waals surface area contributed by atoms with Gasteiger partial charge in [0.2, 0.25) is 0 Å². The van der Waals surface area contributed by atoms with Gasteiger partial charge in [0.1, 0.15) is 17.2 Å². The molecule has 29 heavy (non-hydrogen) atoms. The maximum Gasteiger partial charge on any atom is 0.274 e. The third kappa shape index (κ3) is 2.80. The number of nitrogens with one attached hydrogen (secondary N) is 1. The average molecular weight is 394 g/mol. The zero-order valence-corrected chi connectivity index (χ0v) is 16.7. The van der Waals surface area contributed by atoms with Crippen LogP contribution in [0.1, 0.15) is 64.0 Å². The highest BCUT2D eigenvalue weighted by Crippen LogP contribution is 2.46. The third-order valence-corrected chi connectivity index (χ3v) is 7.11. The zero-order valence-electron chi connectivity index (χ0n) is 16.7. The molecule has 6 rings (SSSR count). The van der Waals surface area contributed by atoms with Gasteiger partial charge in [-0.2, -0.15) is 5.10 Å². The molecule has 3 atom stereocenters. The Bertz CT molecular complexity index is 967. The summed E-state index contributed by atoms with van der Waals surface area (Å²) in [5, 5.41) is 7.49. The van der Waals surface area contributed by atoms with Crippen molar-refractivity contribution < 1.29 is 9.59 Å². The second-order valence-corrected chi connectivity index (χ2v) is 9.08. The van der Waals surface area contributed by atoms with E-state index in [1.165, 1.54) is 0 Å². The number of fused-ring (bicyclic) bond motifs is 2. The molecule has 8 nitrogen and oxygen atoms in total. The Labute approximate surface area is 169 Å². The number of likely N-dealkylation sites (tertiary alicyclic amines) is 1. The number of amides is 2. The molecule has 152 valence electrons. The maximum absolute atomic E-state index is 12.9. The van der Waals surface area contributed by atoms with E-state index in [1.807, 2.05) is 24.3 Å². The summed E-state index contributed by atoms with van der Waals surface area (Å²) in [6.45, 7) is 2.38. The van der Waals surface area contributed by atoms with E-state index < -0.39 is 0 Å². The molecule has 2 aromatic rings. The minimum Gasteiger partial charge on any atom is -0.347 e. The van der Waals surface area contributed by atoms with Crippen molar-refractivity contribution in [1.29, 1.82) is 0 Å². The Morgan fingerprint density at radius 3 is 2.69 bits per heavy atom. The number of aromatic nitrogens is 4. The molecule has 2 saturated carbocycles. The number of nitrogens with zero attached hydrogens (tertiary/aromatic N) is 5. The van der Waals surface area contributed by atoms with Crippen molar-refractivity contribution in [3.8, 4) is 0 Å². The second kappa shape index (κ2) is 6.18. The van der Waals surface area contributed by atoms with Crippen molar-refractivity contribution in [1.82, 2.24) is 29.5 Å². The topological polar surface area (TPSA) is 85.0 Å². The van der Waals surface area contributed by atoms with E-state index in [0.29, 0.717) is 42.2 Å². The Balaban J connectivity index is 1.09. The lowest BCUT2D eigenvalue weighted by atomic mass is 10.1. The van der Waals surface area contributed by atoms with Crippen LogP contribution in [0.25, 0.3) is 0 Å². The van der Waals surface area contributed by atoms with Gasteiger partial charge in [0.15, 0.2) is 0 Å². The number of piperidine rings is 1. The Morgan fingerprint density at radius 2 is 1.97 bits per heavy atom. The molecule has 2 amide bonds. The molecule has 0 radical (unpaired) electrons. The Kier molecular flexibility index (Phi) is 3.67. The maximum atomic E-state index is 12.9. The third-order valence-electron chi connectivity index (χ3n) is 7.11. The van der Waals surface area contributed by atoms with Crippen LogP contribution in [0.5, 0.6) is 0 Å². The van der Waals surface area contributed by atoms with Gasteiger partial charge in [0, 0.05) is 62.7 Å². The number of imidazole rings is 1. The van der Waals surface area contributed by atoms with Crippen LogP contribution in [-0.2, 0) is 20.0 Å². The first-order valence-corrected chi connectivity index (χ1v) is 10.8. The van der Waals surface area contributed by atoms with Crippen LogP contribution >= 0.6 is 0 Å². The molecule has 1 unspecified atom stereocenters. The van der Waals surface area contributed by atoms with E-state index in [2.05, 4.69) is 20.0 Å². The van der Waals surface area contributed by atoms with Crippen molar-refractivity contribution in [2.24, 2.45) is 18.9 Å². The monoisotopic (exact) mass is 394 g/mol. The molecule has 4 aliphatic rings. The van der Waals surface area contributed by atoms with E-state index in [-0.39, 0.29) is 17.9 Å². The quantitative estimate of drug-likeness (QED) is 0.848. The highest BCUT2D eigenvalue weighted by atomic mass is 16.2. The molecule has 4 heterocycles. The first kappa shape index (κ1) is 17.2. The molecule has 0 aromatic carbocycles. The first-order valence-electron chi connectivity index (χ1n) is 10.8. The SMILES string of the molecule is Cn1ncc(C2CC2)c1C(=O)NC1[C@H]2CN(C(=O)c3cn4c(n3)CCCC4)C[C@@H]12. The fourth-order valence-electron chi connectivity index (χ4n) is 5.23. The summed E-state index contributed by atoms with van der Waals surface area (Å²) in [4.78, 5) is 32.2. The highest BCUT2D eigenvalue weighted by Gasteiger charge is 2.57. The van der Waals surface area contributed by atoms with Crippen LogP contribution in [0.2, 0.25) is 0 Å². The largest absolute Gasteiger partial charge is 0.347 e. The van der Waals surface area contributed by atoms with E-state index in [1.54, 1.807) is 4.68 Å². The highest BCUT2D eigenvalue weighted by molar-refractivity contribution is 5.95. The van der Waals surface area contributed by atoms with E-state index in [9.17, 15) is 9.59 Å². The summed E-state index contributed by atoms with van der Waals surface area (Å²) in [6.07, 6.45) is 9.32. The van der Waals surface area contributed by atoms with Crippen molar-refractivity contribution in [2.75, 3.05) is 13.1 Å². The number of carbonyl (C=O) groups excluding carboxylic acids is 2. The van der Waals surface area contributed by atoms with Gasteiger partial charge in [-0.1, -0.05) is 0 Å². The summed E-state index contributed by atoms with van der Waals surface area (Å²) in [5.41, 5.74) is 2.36. The van der Waals surface area contributed by atoms with E-state index >= 15 is 0 Å². The molecular formula is C21H26N6O2. The normalized spacial score (nSPS) is 27.5. The number of rotatable bonds is 4. The fraction of sp³-hybridized carbons (Fsp3) is 0.619. The Hall–Kier alpha value is -2.64. The lowest BCUT2D eigenvalue weighted by Crippen LogP contribution is -2.38. The van der Waals surface area contributed by atoms with Crippen LogP contribution in [0, 0.1) is 11.8 Å². The molecule has 2 aliphatic heterocycles. The standard InChI is InChI=1S/C21H26N6O2/c1-25-19(13(8-22-25)12-5-6-12)20(28)24-18-14-9-27(10-15(14)18)21(29)16-11-26-7-3-2-4-17(26)23-16/h8,11-12,14-15,18H,2-7,9-10H2,1H3,(H,24,28)/t14-,15+,18?. The number of hydrogen-bond donors (Lipinski definition) is 1. The van der Waals surface area contributed by atoms with Crippen molar-refractivity contribution >= 4 is 11.8 Å². The fourth-order valence-corrected chi connectivity index (χ4v) is 5.23. The van der Waals surface area contributed by atoms with E-state index in [0.717, 1.165) is 50.0 Å². The summed E-state index contributed by atoms with van der Waals surface area (Å²) in [6, 6.07) is 0.170. The molecule has 8 heteroatoms. The molecule has 1 N–H and O–H groups in total. The van der Waals surface area contributed by atoms with Gasteiger partial charge >= 0.3 is 0 Å². The van der Waals surface area contributed by atoms with Crippen LogP contribution < -0.4 is 5.32 Å². The van der Waals surface area contributed by atoms with Gasteiger partial charge in [-0.3, -0.25) is 14.3 Å². The van der Waals surface area contributed by atoms with Gasteiger partial charge in [0.05, 0.1) is 6.20 Å². The number of aryl methyl sites for hydroxylation is 3. The van der Waals surface area contributed by atoms with Crippen LogP contribution in [0.15, 0.2) is 12.4 Å². The van der Waals surface area contributed by atoms with Crippen molar-refractivity contribution in [2.45, 2.75) is 50.6 Å². The summed E-state index contributed by atoms with van der Waals surface area (Å²) in [7, 11) is 1.83. The van der Waals surface area contributed by atoms with Crippen molar-refractivity contribution in [3.63, 3.8) is 0 Å². The van der Waals surface area contributed by atoms with Crippen LogP contribution in [-0.4, -0.2) is 55.2 Å². The average Bonchev–Trinajstić information content (AvgIpc) is 3.47. The smallest absolute Gasteiger partial charge is 0.274 e. The predicted molar refractivity (Wildman–Crippen MR) is 104 cm³/mol. The number of hydrogen-bond acceptors (Lipinski definition) is 4. The molecule has 1 saturated heterocycles. The lowest BCUT2D eigenvalue weighted by molar-refractivity contribution is 0.0764. The first-order chi connectivity index (χ1) is 14.1.